The average Bonchev–Trinajstić information content (AvgIpc) is 2.97. The Labute approximate surface area is 232 Å². The number of para-hydroxylation sites is 1. The number of nitrogens with two attached hydrogens (primary N) is 1. The van der Waals surface area contributed by atoms with Crippen LogP contribution in [0.25, 0.3) is 10.9 Å². The number of piperidine rings is 1. The van der Waals surface area contributed by atoms with Gasteiger partial charge in [-0.3, -0.25) is 14.6 Å². The number of benzene rings is 2. The number of carbonyl (C=O) groups is 3. The van der Waals surface area contributed by atoms with Gasteiger partial charge in [-0.2, -0.15) is 0 Å². The third-order valence-electron chi connectivity index (χ3n) is 8.58. The molecule has 3 N–H and O–H groups in total. The van der Waals surface area contributed by atoms with Crippen molar-refractivity contribution in [2.24, 2.45) is 11.7 Å². The number of Topliss-reactive ketones (excluding diaryl/α,β-unsaturated/α-hetero) is 1. The number of pyridine rings is 1. The van der Waals surface area contributed by atoms with Crippen molar-refractivity contribution in [3.8, 4) is 0 Å². The fourth-order valence-corrected chi connectivity index (χ4v) is 5.95. The molecule has 2 fully saturated rings. The number of amides is 1. The number of aromatic nitrogens is 1. The van der Waals surface area contributed by atoms with Crippen LogP contribution in [0.15, 0.2) is 60.8 Å². The number of likely N-dealkylation sites (tertiary alicyclic amines) is 1. The van der Waals surface area contributed by atoms with Crippen molar-refractivity contribution in [1.29, 1.82) is 0 Å². The largest absolute Gasteiger partial charge is 0.445 e. The van der Waals surface area contributed by atoms with E-state index in [1.807, 2.05) is 18.2 Å². The van der Waals surface area contributed by atoms with E-state index in [9.17, 15) is 23.9 Å². The second-order valence-electron chi connectivity index (χ2n) is 11.1. The van der Waals surface area contributed by atoms with E-state index in [0.29, 0.717) is 79.6 Å². The number of ketones is 1. The predicted molar refractivity (Wildman–Crippen MR) is 147 cm³/mol. The molecular formula is C31H34FN3O5. The van der Waals surface area contributed by atoms with Crippen molar-refractivity contribution < 1.29 is 28.6 Å². The topological polar surface area (TPSA) is 123 Å². The highest BCUT2D eigenvalue weighted by Gasteiger charge is 2.45. The highest BCUT2D eigenvalue weighted by atomic mass is 19.1. The number of hydrogen-bond acceptors (Lipinski definition) is 7. The number of fused-ring (bicyclic) bond motifs is 1. The number of rotatable bonds is 8. The summed E-state index contributed by atoms with van der Waals surface area (Å²) in [6.07, 6.45) is 5.22. The van der Waals surface area contributed by atoms with E-state index in [0.717, 1.165) is 13.0 Å². The molecule has 9 heteroatoms. The van der Waals surface area contributed by atoms with Gasteiger partial charge in [0.1, 0.15) is 11.4 Å². The van der Waals surface area contributed by atoms with Crippen molar-refractivity contribution >= 4 is 28.6 Å². The highest BCUT2D eigenvalue weighted by Crippen LogP contribution is 2.38. The minimum absolute atomic E-state index is 0.315. The Morgan fingerprint density at radius 2 is 1.68 bits per heavy atom. The van der Waals surface area contributed by atoms with E-state index in [4.69, 9.17) is 10.5 Å². The van der Waals surface area contributed by atoms with Crippen LogP contribution in [0.5, 0.6) is 0 Å². The molecule has 2 heterocycles. The van der Waals surface area contributed by atoms with Gasteiger partial charge >= 0.3 is 5.97 Å². The Hall–Kier alpha value is -3.69. The number of primary amides is 1. The molecule has 0 bridgehead atoms. The van der Waals surface area contributed by atoms with Crippen molar-refractivity contribution in [3.63, 3.8) is 0 Å². The van der Waals surface area contributed by atoms with Gasteiger partial charge in [-0.05, 0) is 93.8 Å². The summed E-state index contributed by atoms with van der Waals surface area (Å²) < 4.78 is 19.0. The van der Waals surface area contributed by atoms with Crippen molar-refractivity contribution in [1.82, 2.24) is 9.88 Å². The number of carbonyl (C=O) groups excluding carboxylic acids is 3. The fourth-order valence-electron chi connectivity index (χ4n) is 5.95. The summed E-state index contributed by atoms with van der Waals surface area (Å²) >= 11 is 0. The van der Waals surface area contributed by atoms with Gasteiger partial charge in [0.05, 0.1) is 11.1 Å². The number of halogens is 1. The van der Waals surface area contributed by atoms with Gasteiger partial charge in [0.15, 0.2) is 11.4 Å². The van der Waals surface area contributed by atoms with Crippen LogP contribution in [0.2, 0.25) is 0 Å². The van der Waals surface area contributed by atoms with Crippen LogP contribution in [0.3, 0.4) is 0 Å². The van der Waals surface area contributed by atoms with E-state index in [2.05, 4.69) is 9.88 Å². The molecule has 1 amide bonds. The number of esters is 1. The van der Waals surface area contributed by atoms with Gasteiger partial charge in [0, 0.05) is 30.2 Å². The van der Waals surface area contributed by atoms with Gasteiger partial charge in [0.2, 0.25) is 0 Å². The molecule has 1 saturated carbocycles. The van der Waals surface area contributed by atoms with Gasteiger partial charge in [-0.15, -0.1) is 0 Å². The van der Waals surface area contributed by atoms with E-state index in [1.54, 1.807) is 18.3 Å². The van der Waals surface area contributed by atoms with Crippen molar-refractivity contribution in [2.45, 2.75) is 56.1 Å². The zero-order chi connectivity index (χ0) is 28.3. The Bertz CT molecular complexity index is 1390. The molecule has 2 aliphatic rings. The molecule has 5 rings (SSSR count). The van der Waals surface area contributed by atoms with Crippen LogP contribution < -0.4 is 5.73 Å². The lowest BCUT2D eigenvalue weighted by Gasteiger charge is -2.39. The summed E-state index contributed by atoms with van der Waals surface area (Å²) in [5.41, 5.74) is 4.34. The molecule has 210 valence electrons. The van der Waals surface area contributed by atoms with Crippen LogP contribution in [0.1, 0.15) is 65.7 Å². The van der Waals surface area contributed by atoms with Crippen molar-refractivity contribution in [2.75, 3.05) is 19.6 Å². The Morgan fingerprint density at radius 1 is 1.00 bits per heavy atom. The molecule has 1 aliphatic carbocycles. The lowest BCUT2D eigenvalue weighted by atomic mass is 9.76. The standard InChI is InChI=1S/C31H34FN3O5/c32-23-7-5-22(6-8-23)27(36)30(39)15-19-35(20-16-30)18-12-21-9-13-31(14-10-21,29(33)38)40-28(37)25-11-17-34-26-4-2-1-3-24(25)26/h1-8,11,17,21,39H,9-10,12-16,18-20H2,(H2,33,38). The molecule has 1 aromatic heterocycles. The quantitative estimate of drug-likeness (QED) is 0.322. The molecule has 1 aliphatic heterocycles. The summed E-state index contributed by atoms with van der Waals surface area (Å²) in [6, 6.07) is 14.1. The molecule has 3 aromatic rings. The maximum atomic E-state index is 13.2. The summed E-state index contributed by atoms with van der Waals surface area (Å²) in [5.74, 6) is -1.65. The normalized spacial score (nSPS) is 23.0. The van der Waals surface area contributed by atoms with Gasteiger partial charge in [-0.1, -0.05) is 18.2 Å². The van der Waals surface area contributed by atoms with E-state index in [1.165, 1.54) is 24.3 Å². The zero-order valence-electron chi connectivity index (χ0n) is 22.4. The Kier molecular flexibility index (Phi) is 7.96. The monoisotopic (exact) mass is 547 g/mol. The minimum Gasteiger partial charge on any atom is -0.445 e. The van der Waals surface area contributed by atoms with Gasteiger partial charge in [-0.25, -0.2) is 9.18 Å². The first-order valence-corrected chi connectivity index (χ1v) is 13.8. The first kappa shape index (κ1) is 27.9. The first-order chi connectivity index (χ1) is 19.2. The molecule has 1 saturated heterocycles. The van der Waals surface area contributed by atoms with Gasteiger partial charge < -0.3 is 20.5 Å². The summed E-state index contributed by atoms with van der Waals surface area (Å²) in [7, 11) is 0. The molecule has 0 atom stereocenters. The smallest absolute Gasteiger partial charge is 0.339 e. The van der Waals surface area contributed by atoms with Crippen LogP contribution in [0.4, 0.5) is 4.39 Å². The SMILES string of the molecule is NC(=O)C1(OC(=O)c2ccnc3ccccc23)CCC(CCN2CCC(O)(C(=O)c3ccc(F)cc3)CC2)CC1. The molecular weight excluding hydrogens is 513 g/mol. The molecule has 0 spiro atoms. The zero-order valence-corrected chi connectivity index (χ0v) is 22.4. The molecule has 40 heavy (non-hydrogen) atoms. The lowest BCUT2D eigenvalue weighted by Crippen LogP contribution is -2.51. The van der Waals surface area contributed by atoms with E-state index in [-0.39, 0.29) is 5.78 Å². The maximum Gasteiger partial charge on any atom is 0.339 e. The third-order valence-corrected chi connectivity index (χ3v) is 8.58. The minimum atomic E-state index is -1.44. The number of nitrogens with zero attached hydrogens (tertiary/aromatic N) is 2. The molecule has 0 radical (unpaired) electrons. The molecule has 0 unspecified atom stereocenters. The van der Waals surface area contributed by atoms with Crippen LogP contribution in [0, 0.1) is 11.7 Å². The third kappa shape index (κ3) is 5.76. The molecule has 2 aromatic carbocycles. The summed E-state index contributed by atoms with van der Waals surface area (Å²) in [4.78, 5) is 45.0. The van der Waals surface area contributed by atoms with E-state index >= 15 is 0 Å². The average molecular weight is 548 g/mol. The second-order valence-corrected chi connectivity index (χ2v) is 11.1. The number of hydrogen-bond donors (Lipinski definition) is 2. The fraction of sp³-hybridized carbons (Fsp3) is 0.419. The molecule has 8 nitrogen and oxygen atoms in total. The predicted octanol–water partition coefficient (Wildman–Crippen LogP) is 4.04. The second kappa shape index (κ2) is 11.4. The maximum absolute atomic E-state index is 13.2. The first-order valence-electron chi connectivity index (χ1n) is 13.8. The highest BCUT2D eigenvalue weighted by molar-refractivity contribution is 6.04. The van der Waals surface area contributed by atoms with E-state index < -0.39 is 28.9 Å². The Morgan fingerprint density at radius 3 is 2.35 bits per heavy atom. The summed E-state index contributed by atoms with van der Waals surface area (Å²) in [6.45, 7) is 1.97. The number of ether oxygens (including phenoxy) is 1. The van der Waals surface area contributed by atoms with Crippen LogP contribution in [-0.4, -0.2) is 63.5 Å². The number of aliphatic hydroxyl groups is 1. The summed E-state index contributed by atoms with van der Waals surface area (Å²) in [5, 5.41) is 11.6. The van der Waals surface area contributed by atoms with Crippen LogP contribution in [-0.2, 0) is 9.53 Å². The lowest BCUT2D eigenvalue weighted by molar-refractivity contribution is -0.142. The van der Waals surface area contributed by atoms with Crippen molar-refractivity contribution in [3.05, 3.63) is 77.7 Å². The van der Waals surface area contributed by atoms with Crippen LogP contribution >= 0.6 is 0 Å². The van der Waals surface area contributed by atoms with Gasteiger partial charge in [0.25, 0.3) is 5.91 Å². The Balaban J connectivity index is 1.13.